The molecule has 0 rings (SSSR count). The predicted octanol–water partition coefficient (Wildman–Crippen LogP) is 2.30. The first-order chi connectivity index (χ1) is 2.77. The van der Waals surface area contributed by atoms with Crippen LogP contribution in [0, 0.1) is 0 Å². The molecule has 6 heavy (non-hydrogen) atoms. The molecule has 0 aromatic carbocycles. The predicted molar refractivity (Wildman–Crippen MR) is 32.5 cm³/mol. The summed E-state index contributed by atoms with van der Waals surface area (Å²) in [4.78, 5) is 0. The second-order valence-electron chi connectivity index (χ2n) is 0.373. The van der Waals surface area contributed by atoms with Crippen molar-refractivity contribution in [2.75, 3.05) is 0 Å². The number of hydrogen-bond donors (Lipinski definition) is 1. The van der Waals surface area contributed by atoms with Crippen LogP contribution in [0.5, 0.6) is 0 Å². The first kappa shape index (κ1) is 6.95. The Bertz CT molecular complexity index is 76.8. The van der Waals surface area contributed by atoms with Crippen molar-refractivity contribution < 1.29 is 9.13 Å². The smallest absolute Gasteiger partial charge is 0.224 e. The lowest BCUT2D eigenvalue weighted by Crippen LogP contribution is -1.14. The molecule has 0 radical (unpaired) electrons. The topological polar surface area (TPSA) is 34.1 Å². The quantitative estimate of drug-likeness (QED) is 0.382. The summed E-state index contributed by atoms with van der Waals surface area (Å²) in [6.07, 6.45) is 0. The van der Waals surface area contributed by atoms with Gasteiger partial charge in [-0.25, -0.2) is 9.13 Å². The molecule has 0 aliphatic carbocycles. The van der Waals surface area contributed by atoms with Crippen LogP contribution < -0.4 is 0 Å². The Kier molecular flexibility index (Phi) is 4.77. The van der Waals surface area contributed by atoms with Gasteiger partial charge in [0, 0.05) is 0 Å². The molecule has 0 saturated heterocycles. The van der Waals surface area contributed by atoms with Crippen molar-refractivity contribution in [1.29, 1.82) is 0 Å². The molecule has 0 N–H and O–H groups in total. The largest absolute Gasteiger partial charge is 0.390 e. The molecule has 0 fully saturated rings. The van der Waals surface area contributed by atoms with Gasteiger partial charge < -0.3 is 0 Å². The van der Waals surface area contributed by atoms with Crippen molar-refractivity contribution in [3.05, 3.63) is 0 Å². The van der Waals surface area contributed by atoms with Crippen LogP contribution in [-0.2, 0) is 9.13 Å². The summed E-state index contributed by atoms with van der Waals surface area (Å²) in [7, 11) is 1.65. The Morgan fingerprint density at radius 1 is 1.50 bits per heavy atom. The highest BCUT2D eigenvalue weighted by Crippen LogP contribution is 2.39. The SMILES string of the molecule is O=P(=O)SSS. The summed E-state index contributed by atoms with van der Waals surface area (Å²) >= 11 is 3.56. The number of thiol groups is 1. The Balaban J connectivity index is 3.07. The summed E-state index contributed by atoms with van der Waals surface area (Å²) in [5.74, 6) is 0. The van der Waals surface area contributed by atoms with E-state index in [1.165, 1.54) is 0 Å². The van der Waals surface area contributed by atoms with Gasteiger partial charge in [0.05, 0.1) is 10.4 Å². The minimum Gasteiger partial charge on any atom is -0.224 e. The summed E-state index contributed by atoms with van der Waals surface area (Å²) < 4.78 is 19.1. The van der Waals surface area contributed by atoms with Gasteiger partial charge in [-0.2, -0.15) is 0 Å². The van der Waals surface area contributed by atoms with Crippen LogP contribution in [0.4, 0.5) is 0 Å². The third-order valence-corrected chi connectivity index (χ3v) is 4.34. The second-order valence-corrected chi connectivity index (χ2v) is 5.59. The molecule has 0 heterocycles. The van der Waals surface area contributed by atoms with Gasteiger partial charge in [0.1, 0.15) is 0 Å². The van der Waals surface area contributed by atoms with Gasteiger partial charge in [-0.05, 0) is 9.83 Å². The number of rotatable bonds is 2. The molecule has 0 aromatic rings. The van der Waals surface area contributed by atoms with Gasteiger partial charge in [0.2, 0.25) is 0 Å². The van der Waals surface area contributed by atoms with E-state index in [0.717, 1.165) is 20.2 Å². The van der Waals surface area contributed by atoms with Crippen molar-refractivity contribution in [1.82, 2.24) is 0 Å². The fraction of sp³-hybridized carbons (Fsp3) is 0. The molecule has 0 atom stereocenters. The highest BCUT2D eigenvalue weighted by Gasteiger charge is 1.84. The Hall–Kier alpha value is 0.950. The van der Waals surface area contributed by atoms with Crippen molar-refractivity contribution in [2.45, 2.75) is 0 Å². The van der Waals surface area contributed by atoms with Gasteiger partial charge in [-0.3, -0.25) is 0 Å². The number of hydrogen-bond acceptors (Lipinski definition) is 5. The van der Waals surface area contributed by atoms with Crippen LogP contribution in [0.25, 0.3) is 0 Å². The average Bonchev–Trinajstić information content (AvgIpc) is 1.35. The Labute approximate surface area is 48.2 Å². The van der Waals surface area contributed by atoms with Crippen LogP contribution in [0.2, 0.25) is 0 Å². The maximum atomic E-state index is 9.53. The normalized spacial score (nSPS) is 8.17. The van der Waals surface area contributed by atoms with Crippen molar-refractivity contribution >= 4 is 38.8 Å². The zero-order valence-electron chi connectivity index (χ0n) is 2.53. The van der Waals surface area contributed by atoms with E-state index < -0.39 is 6.88 Å². The maximum Gasteiger partial charge on any atom is 0.390 e. The molecule has 0 amide bonds. The van der Waals surface area contributed by atoms with E-state index in [9.17, 15) is 9.13 Å². The van der Waals surface area contributed by atoms with Gasteiger partial charge >= 0.3 is 6.88 Å². The zero-order valence-corrected chi connectivity index (χ0v) is 5.95. The fourth-order valence-corrected chi connectivity index (χ4v) is 2.20. The third kappa shape index (κ3) is 4.95. The van der Waals surface area contributed by atoms with Crippen molar-refractivity contribution in [2.24, 2.45) is 0 Å². The lowest BCUT2D eigenvalue weighted by molar-refractivity contribution is 0.528. The zero-order chi connectivity index (χ0) is 4.99. The molecule has 0 aliphatic heterocycles. The minimum atomic E-state index is -2.30. The second kappa shape index (κ2) is 4.12. The van der Waals surface area contributed by atoms with Gasteiger partial charge in [-0.1, -0.05) is 11.7 Å². The molecular formula is HO2PS3. The van der Waals surface area contributed by atoms with E-state index in [-0.39, 0.29) is 0 Å². The molecule has 0 aromatic heterocycles. The molecule has 0 bridgehead atoms. The monoisotopic (exact) mass is 160 g/mol. The summed E-state index contributed by atoms with van der Waals surface area (Å²) in [5.41, 5.74) is 0. The summed E-state index contributed by atoms with van der Waals surface area (Å²) in [6.45, 7) is -2.30. The van der Waals surface area contributed by atoms with Crippen LogP contribution in [0.15, 0.2) is 0 Å². The minimum absolute atomic E-state index is 0.721. The first-order valence-electron chi connectivity index (χ1n) is 0.897. The van der Waals surface area contributed by atoms with Crippen LogP contribution in [0.1, 0.15) is 0 Å². The molecular weight excluding hydrogens is 159 g/mol. The summed E-state index contributed by atoms with van der Waals surface area (Å²) in [5, 5.41) is 0. The highest BCUT2D eigenvalue weighted by atomic mass is 33.6. The summed E-state index contributed by atoms with van der Waals surface area (Å²) in [6, 6.07) is 0. The fourth-order valence-electron chi connectivity index (χ4n) is 0.0272. The molecule has 0 unspecified atom stereocenters. The molecule has 0 saturated carbocycles. The van der Waals surface area contributed by atoms with Crippen LogP contribution in [0.3, 0.4) is 0 Å². The molecule has 6 heteroatoms. The average molecular weight is 160 g/mol. The third-order valence-electron chi connectivity index (χ3n) is 0.0942. The highest BCUT2D eigenvalue weighted by molar-refractivity contribution is 9.15. The lowest BCUT2D eigenvalue weighted by atomic mass is 15.9. The van der Waals surface area contributed by atoms with Crippen molar-refractivity contribution in [3.8, 4) is 0 Å². The van der Waals surface area contributed by atoms with Gasteiger partial charge in [0.15, 0.2) is 0 Å². The van der Waals surface area contributed by atoms with E-state index in [1.54, 1.807) is 0 Å². The molecule has 0 spiro atoms. The molecule has 2 nitrogen and oxygen atoms in total. The lowest BCUT2D eigenvalue weighted by Gasteiger charge is -1.66. The molecule has 36 valence electrons. The van der Waals surface area contributed by atoms with E-state index in [2.05, 4.69) is 11.7 Å². The Morgan fingerprint density at radius 2 is 2.00 bits per heavy atom. The maximum absolute atomic E-state index is 9.53. The van der Waals surface area contributed by atoms with E-state index in [0.29, 0.717) is 0 Å². The first-order valence-corrected chi connectivity index (χ1v) is 5.88. The standard InChI is InChI=1S/HO2PS3/c1-3(2)5-6-4/h4H. The van der Waals surface area contributed by atoms with Crippen LogP contribution >= 0.6 is 38.8 Å². The van der Waals surface area contributed by atoms with Crippen LogP contribution in [-0.4, -0.2) is 0 Å². The van der Waals surface area contributed by atoms with Gasteiger partial charge in [-0.15, -0.1) is 0 Å². The molecule has 0 aliphatic rings. The van der Waals surface area contributed by atoms with E-state index in [4.69, 9.17) is 0 Å². The van der Waals surface area contributed by atoms with E-state index in [1.807, 2.05) is 0 Å². The van der Waals surface area contributed by atoms with Crippen molar-refractivity contribution in [3.63, 3.8) is 0 Å². The van der Waals surface area contributed by atoms with E-state index >= 15 is 0 Å². The Morgan fingerprint density at radius 3 is 2.00 bits per heavy atom. The van der Waals surface area contributed by atoms with Gasteiger partial charge in [0.25, 0.3) is 0 Å².